The molecule has 0 aliphatic heterocycles. The molecule has 0 atom stereocenters. The molecule has 74 valence electrons. The minimum Gasteiger partial charge on any atom is -0.316 e. The number of hydrogen-bond donors (Lipinski definition) is 0. The molecule has 0 fully saturated rings. The quantitative estimate of drug-likeness (QED) is 0.717. The van der Waals surface area contributed by atoms with Crippen LogP contribution in [-0.4, -0.2) is 11.5 Å². The van der Waals surface area contributed by atoms with Crippen molar-refractivity contribution < 1.29 is 0 Å². The van der Waals surface area contributed by atoms with Gasteiger partial charge in [-0.05, 0) is 0 Å². The summed E-state index contributed by atoms with van der Waals surface area (Å²) >= 11 is 1.63. The molecule has 1 heterocycles. The van der Waals surface area contributed by atoms with Crippen LogP contribution in [0.15, 0.2) is 35.7 Å². The van der Waals surface area contributed by atoms with Gasteiger partial charge < -0.3 is 4.85 Å². The van der Waals surface area contributed by atoms with Crippen LogP contribution in [0.3, 0.4) is 0 Å². The molecule has 0 spiro atoms. The minimum atomic E-state index is 0.530. The van der Waals surface area contributed by atoms with E-state index in [4.69, 9.17) is 6.57 Å². The predicted molar refractivity (Wildman–Crippen MR) is 62.7 cm³/mol. The van der Waals surface area contributed by atoms with Crippen LogP contribution in [0.4, 0.5) is 0 Å². The van der Waals surface area contributed by atoms with Crippen molar-refractivity contribution >= 4 is 11.3 Å². The molecule has 0 aliphatic rings. The zero-order chi connectivity index (χ0) is 10.5. The predicted octanol–water partition coefficient (Wildman–Crippen LogP) is 3.27. The first-order valence-electron chi connectivity index (χ1n) is 4.73. The Labute approximate surface area is 93.0 Å². The molecule has 0 amide bonds. The summed E-state index contributed by atoms with van der Waals surface area (Å²) < 4.78 is 0. The lowest BCUT2D eigenvalue weighted by molar-refractivity contribution is 1.05. The van der Waals surface area contributed by atoms with E-state index in [0.717, 1.165) is 22.7 Å². The van der Waals surface area contributed by atoms with Crippen molar-refractivity contribution in [3.05, 3.63) is 52.1 Å². The van der Waals surface area contributed by atoms with E-state index in [1.54, 1.807) is 11.3 Å². The van der Waals surface area contributed by atoms with Gasteiger partial charge >= 0.3 is 0 Å². The second kappa shape index (κ2) is 4.72. The molecule has 1 aromatic carbocycles. The highest BCUT2D eigenvalue weighted by molar-refractivity contribution is 7.09. The van der Waals surface area contributed by atoms with Crippen molar-refractivity contribution in [3.63, 3.8) is 0 Å². The monoisotopic (exact) mass is 214 g/mol. The van der Waals surface area contributed by atoms with Crippen LogP contribution in [0, 0.1) is 6.57 Å². The average Bonchev–Trinajstić information content (AvgIpc) is 2.76. The topological polar surface area (TPSA) is 17.2 Å². The Kier molecular flexibility index (Phi) is 3.11. The van der Waals surface area contributed by atoms with Crippen LogP contribution in [0.2, 0.25) is 0 Å². The van der Waals surface area contributed by atoms with E-state index < -0.39 is 0 Å². The Morgan fingerprint density at radius 1 is 1.27 bits per heavy atom. The molecule has 2 nitrogen and oxygen atoms in total. The SMILES string of the molecule is [C-]#[N+]CCc1nc(-c2ccccc2)cs1. The van der Waals surface area contributed by atoms with Crippen molar-refractivity contribution in [2.45, 2.75) is 6.42 Å². The third-order valence-electron chi connectivity index (χ3n) is 2.06. The highest BCUT2D eigenvalue weighted by Crippen LogP contribution is 2.21. The summed E-state index contributed by atoms with van der Waals surface area (Å²) in [5.41, 5.74) is 2.16. The van der Waals surface area contributed by atoms with Crippen LogP contribution in [0.25, 0.3) is 16.1 Å². The van der Waals surface area contributed by atoms with Gasteiger partial charge in [-0.1, -0.05) is 30.3 Å². The molecular weight excluding hydrogens is 204 g/mol. The first-order valence-corrected chi connectivity index (χ1v) is 5.61. The molecule has 0 bridgehead atoms. The van der Waals surface area contributed by atoms with E-state index >= 15 is 0 Å². The molecule has 2 rings (SSSR count). The van der Waals surface area contributed by atoms with Gasteiger partial charge in [-0.15, -0.1) is 11.3 Å². The Balaban J connectivity index is 2.18. The maximum absolute atomic E-state index is 6.72. The number of benzene rings is 1. The third kappa shape index (κ3) is 2.42. The van der Waals surface area contributed by atoms with E-state index in [1.807, 2.05) is 30.3 Å². The fraction of sp³-hybridized carbons (Fsp3) is 0.167. The normalized spacial score (nSPS) is 9.80. The van der Waals surface area contributed by atoms with Crippen molar-refractivity contribution in [2.75, 3.05) is 6.54 Å². The molecule has 15 heavy (non-hydrogen) atoms. The second-order valence-electron chi connectivity index (χ2n) is 3.12. The van der Waals surface area contributed by atoms with E-state index in [2.05, 4.69) is 15.2 Å². The highest BCUT2D eigenvalue weighted by atomic mass is 32.1. The largest absolute Gasteiger partial charge is 0.316 e. The Bertz CT molecular complexity index is 468. The maximum Gasteiger partial charge on any atom is 0.221 e. The van der Waals surface area contributed by atoms with E-state index in [-0.39, 0.29) is 0 Å². The second-order valence-corrected chi connectivity index (χ2v) is 4.07. The summed E-state index contributed by atoms with van der Waals surface area (Å²) in [6.45, 7) is 7.25. The van der Waals surface area contributed by atoms with Crippen molar-refractivity contribution in [3.8, 4) is 11.3 Å². The fourth-order valence-corrected chi connectivity index (χ4v) is 2.12. The lowest BCUT2D eigenvalue weighted by atomic mass is 10.2. The highest BCUT2D eigenvalue weighted by Gasteiger charge is 2.04. The Hall–Kier alpha value is -1.66. The smallest absolute Gasteiger partial charge is 0.221 e. The van der Waals surface area contributed by atoms with Crippen molar-refractivity contribution in [2.24, 2.45) is 0 Å². The number of thiazole rings is 1. The Morgan fingerprint density at radius 2 is 2.07 bits per heavy atom. The van der Waals surface area contributed by atoms with Gasteiger partial charge in [0.2, 0.25) is 6.54 Å². The first kappa shape index (κ1) is 9.88. The molecule has 0 unspecified atom stereocenters. The minimum absolute atomic E-state index is 0.530. The molecule has 0 N–H and O–H groups in total. The molecule has 0 aliphatic carbocycles. The maximum atomic E-state index is 6.72. The van der Waals surface area contributed by atoms with Gasteiger partial charge in [0.15, 0.2) is 0 Å². The molecule has 1 aromatic heterocycles. The molecule has 2 aromatic rings. The van der Waals surface area contributed by atoms with Gasteiger partial charge in [0.05, 0.1) is 12.1 Å². The molecule has 3 heteroatoms. The third-order valence-corrected chi connectivity index (χ3v) is 2.97. The number of rotatable bonds is 3. The van der Waals surface area contributed by atoms with Crippen LogP contribution in [0.1, 0.15) is 5.01 Å². The van der Waals surface area contributed by atoms with Crippen LogP contribution in [-0.2, 0) is 6.42 Å². The first-order chi connectivity index (χ1) is 7.40. The average molecular weight is 214 g/mol. The van der Waals surface area contributed by atoms with Crippen LogP contribution in [0.5, 0.6) is 0 Å². The van der Waals surface area contributed by atoms with Gasteiger partial charge in [-0.25, -0.2) is 11.6 Å². The summed E-state index contributed by atoms with van der Waals surface area (Å²) in [4.78, 5) is 7.82. The van der Waals surface area contributed by atoms with Crippen molar-refractivity contribution in [1.29, 1.82) is 0 Å². The summed E-state index contributed by atoms with van der Waals surface area (Å²) in [6, 6.07) is 10.1. The standard InChI is InChI=1S/C12H10N2S/c1-13-8-7-12-14-11(9-15-12)10-5-3-2-4-6-10/h2-6,9H,7-8H2. The molecular formula is C12H10N2S. The number of hydrogen-bond acceptors (Lipinski definition) is 2. The fourth-order valence-electron chi connectivity index (χ4n) is 1.32. The lowest BCUT2D eigenvalue weighted by Gasteiger charge is -1.93. The summed E-state index contributed by atoms with van der Waals surface area (Å²) in [6.07, 6.45) is 0.765. The van der Waals surface area contributed by atoms with Crippen molar-refractivity contribution in [1.82, 2.24) is 4.98 Å². The van der Waals surface area contributed by atoms with Gasteiger partial charge in [-0.3, -0.25) is 0 Å². The van der Waals surface area contributed by atoms with Gasteiger partial charge in [0.1, 0.15) is 5.01 Å². The molecule has 0 saturated carbocycles. The molecule has 0 saturated heterocycles. The lowest BCUT2D eigenvalue weighted by Crippen LogP contribution is -1.86. The summed E-state index contributed by atoms with van der Waals surface area (Å²) in [7, 11) is 0. The van der Waals surface area contributed by atoms with Gasteiger partial charge in [0.25, 0.3) is 0 Å². The van der Waals surface area contributed by atoms with Gasteiger partial charge in [0, 0.05) is 10.9 Å². The summed E-state index contributed by atoms with van der Waals surface area (Å²) in [5.74, 6) is 0. The zero-order valence-electron chi connectivity index (χ0n) is 8.18. The summed E-state index contributed by atoms with van der Waals surface area (Å²) in [5, 5.41) is 3.10. The van der Waals surface area contributed by atoms with Crippen LogP contribution >= 0.6 is 11.3 Å². The zero-order valence-corrected chi connectivity index (χ0v) is 9.00. The molecule has 0 radical (unpaired) electrons. The van der Waals surface area contributed by atoms with E-state index in [0.29, 0.717) is 6.54 Å². The number of nitrogens with zero attached hydrogens (tertiary/aromatic N) is 2. The number of aromatic nitrogens is 1. The van der Waals surface area contributed by atoms with E-state index in [9.17, 15) is 0 Å². The Morgan fingerprint density at radius 3 is 2.80 bits per heavy atom. The van der Waals surface area contributed by atoms with E-state index in [1.165, 1.54) is 0 Å². The van der Waals surface area contributed by atoms with Gasteiger partial charge in [-0.2, -0.15) is 0 Å². The van der Waals surface area contributed by atoms with Crippen LogP contribution < -0.4 is 0 Å².